The van der Waals surface area contributed by atoms with Gasteiger partial charge in [0.1, 0.15) is 0 Å². The van der Waals surface area contributed by atoms with Gasteiger partial charge in [0.15, 0.2) is 10.8 Å². The molecular weight excluding hydrogens is 378 g/mol. The molecule has 4 rings (SSSR count). The zero-order valence-corrected chi connectivity index (χ0v) is 15.6. The molecule has 0 atom stereocenters. The fourth-order valence-corrected chi connectivity index (χ4v) is 3.53. The number of hydrogen-bond donors (Lipinski definition) is 2. The maximum absolute atomic E-state index is 12.6. The van der Waals surface area contributed by atoms with E-state index in [2.05, 4.69) is 39.6 Å². The van der Waals surface area contributed by atoms with Gasteiger partial charge in [-0.15, -0.1) is 11.3 Å². The molecule has 0 unspecified atom stereocenters. The lowest BCUT2D eigenvalue weighted by atomic mass is 10.1. The lowest BCUT2D eigenvalue weighted by Gasteiger charge is -2.00. The van der Waals surface area contributed by atoms with E-state index in [4.69, 9.17) is 0 Å². The molecule has 4 aromatic rings. The summed E-state index contributed by atoms with van der Waals surface area (Å²) in [5, 5.41) is 23.1. The number of carbonyl (C=O) groups is 1. The van der Waals surface area contributed by atoms with Gasteiger partial charge in [0.25, 0.3) is 11.6 Å². The Hall–Kier alpha value is -3.59. The molecule has 8 nitrogen and oxygen atoms in total. The summed E-state index contributed by atoms with van der Waals surface area (Å²) in [5.41, 5.74) is 3.51. The van der Waals surface area contributed by atoms with Gasteiger partial charge in [-0.05, 0) is 18.1 Å². The number of aryl methyl sites for hydroxylation is 1. The van der Waals surface area contributed by atoms with Gasteiger partial charge in [-0.2, -0.15) is 5.10 Å². The Morgan fingerprint density at radius 3 is 2.75 bits per heavy atom. The minimum atomic E-state index is -0.509. The number of nitro groups is 1. The molecule has 140 valence electrons. The molecular formula is C19H15N5O3S. The first-order chi connectivity index (χ1) is 13.5. The molecule has 0 aliphatic rings. The van der Waals surface area contributed by atoms with Gasteiger partial charge in [-0.25, -0.2) is 4.98 Å². The van der Waals surface area contributed by atoms with E-state index in [1.54, 1.807) is 0 Å². The van der Waals surface area contributed by atoms with E-state index in [-0.39, 0.29) is 11.4 Å². The number of aromatic nitrogens is 3. The number of fused-ring (bicyclic) bond motifs is 1. The second kappa shape index (κ2) is 7.20. The average Bonchev–Trinajstić information content (AvgIpc) is 3.34. The number of thiazole rings is 1. The number of anilines is 1. The molecule has 0 saturated carbocycles. The van der Waals surface area contributed by atoms with Gasteiger partial charge in [0, 0.05) is 28.5 Å². The highest BCUT2D eigenvalue weighted by Gasteiger charge is 2.18. The van der Waals surface area contributed by atoms with Crippen molar-refractivity contribution in [3.63, 3.8) is 0 Å². The number of aromatic amines is 1. The van der Waals surface area contributed by atoms with Crippen LogP contribution in [-0.2, 0) is 6.42 Å². The number of nitrogens with zero attached hydrogens (tertiary/aromatic N) is 3. The number of rotatable bonds is 5. The topological polar surface area (TPSA) is 114 Å². The van der Waals surface area contributed by atoms with E-state index in [0.717, 1.165) is 17.7 Å². The van der Waals surface area contributed by atoms with Crippen molar-refractivity contribution in [2.45, 2.75) is 13.3 Å². The van der Waals surface area contributed by atoms with Crippen LogP contribution in [0.4, 0.5) is 10.8 Å². The molecule has 0 radical (unpaired) electrons. The number of nitrogens with one attached hydrogen (secondary N) is 2. The van der Waals surface area contributed by atoms with Crippen molar-refractivity contribution in [3.05, 3.63) is 69.2 Å². The van der Waals surface area contributed by atoms with E-state index < -0.39 is 10.8 Å². The number of carbonyl (C=O) groups excluding carboxylic acids is 1. The van der Waals surface area contributed by atoms with Crippen molar-refractivity contribution in [2.75, 3.05) is 5.32 Å². The predicted molar refractivity (Wildman–Crippen MR) is 108 cm³/mol. The van der Waals surface area contributed by atoms with Crippen LogP contribution in [0.2, 0.25) is 0 Å². The van der Waals surface area contributed by atoms with Gasteiger partial charge in [0.05, 0.1) is 16.1 Å². The average molecular weight is 393 g/mol. The van der Waals surface area contributed by atoms with E-state index in [0.29, 0.717) is 16.0 Å². The Labute approximate surface area is 163 Å². The third-order valence-corrected chi connectivity index (χ3v) is 5.11. The fraction of sp³-hybridized carbons (Fsp3) is 0.105. The smallest absolute Gasteiger partial charge is 0.278 e. The monoisotopic (exact) mass is 393 g/mol. The van der Waals surface area contributed by atoms with Crippen molar-refractivity contribution >= 4 is 39.0 Å². The molecule has 0 bridgehead atoms. The molecule has 1 amide bonds. The molecule has 9 heteroatoms. The summed E-state index contributed by atoms with van der Waals surface area (Å²) in [6, 6.07) is 12.3. The Morgan fingerprint density at radius 2 is 2.04 bits per heavy atom. The fourth-order valence-electron chi connectivity index (χ4n) is 2.82. The molecule has 0 spiro atoms. The maximum atomic E-state index is 12.6. The molecule has 0 fully saturated rings. The van der Waals surface area contributed by atoms with Crippen molar-refractivity contribution in [2.24, 2.45) is 0 Å². The highest BCUT2D eigenvalue weighted by Crippen LogP contribution is 2.27. The van der Waals surface area contributed by atoms with Crippen LogP contribution in [0, 0.1) is 10.1 Å². The van der Waals surface area contributed by atoms with Crippen molar-refractivity contribution in [1.29, 1.82) is 0 Å². The van der Waals surface area contributed by atoms with Gasteiger partial charge >= 0.3 is 0 Å². The maximum Gasteiger partial charge on any atom is 0.278 e. The summed E-state index contributed by atoms with van der Waals surface area (Å²) in [7, 11) is 0. The molecule has 0 aliphatic heterocycles. The van der Waals surface area contributed by atoms with Crippen LogP contribution in [0.15, 0.2) is 47.8 Å². The summed E-state index contributed by atoms with van der Waals surface area (Å²) in [4.78, 5) is 27.5. The van der Waals surface area contributed by atoms with E-state index in [1.165, 1.54) is 35.1 Å². The molecule has 2 heterocycles. The van der Waals surface area contributed by atoms with Crippen LogP contribution in [0.25, 0.3) is 22.2 Å². The van der Waals surface area contributed by atoms with Gasteiger partial charge in [-0.1, -0.05) is 31.2 Å². The zero-order chi connectivity index (χ0) is 19.7. The molecule has 2 aromatic carbocycles. The zero-order valence-electron chi connectivity index (χ0n) is 14.8. The lowest BCUT2D eigenvalue weighted by molar-refractivity contribution is -0.384. The van der Waals surface area contributed by atoms with E-state index >= 15 is 0 Å². The first kappa shape index (κ1) is 17.8. The molecule has 0 aliphatic carbocycles. The quantitative estimate of drug-likeness (QED) is 0.385. The van der Waals surface area contributed by atoms with Gasteiger partial charge in [0.2, 0.25) is 0 Å². The Kier molecular flexibility index (Phi) is 4.58. The lowest BCUT2D eigenvalue weighted by Crippen LogP contribution is -2.12. The minimum Gasteiger partial charge on any atom is -0.296 e. The number of amides is 1. The number of hydrogen-bond acceptors (Lipinski definition) is 6. The molecule has 28 heavy (non-hydrogen) atoms. The van der Waals surface area contributed by atoms with Crippen molar-refractivity contribution < 1.29 is 9.72 Å². The number of non-ortho nitro benzene ring substituents is 1. The van der Waals surface area contributed by atoms with Gasteiger partial charge < -0.3 is 0 Å². The predicted octanol–water partition coefficient (Wildman–Crippen LogP) is 4.41. The minimum absolute atomic E-state index is 0.0859. The van der Waals surface area contributed by atoms with Crippen LogP contribution in [0.5, 0.6) is 0 Å². The van der Waals surface area contributed by atoms with Crippen LogP contribution in [-0.4, -0.2) is 26.0 Å². The molecule has 0 saturated heterocycles. The Bertz CT molecular complexity index is 1180. The summed E-state index contributed by atoms with van der Waals surface area (Å²) >= 11 is 1.30. The number of H-pyrrole nitrogens is 1. The summed E-state index contributed by atoms with van der Waals surface area (Å²) < 4.78 is 0. The highest BCUT2D eigenvalue weighted by molar-refractivity contribution is 7.14. The van der Waals surface area contributed by atoms with Crippen LogP contribution >= 0.6 is 11.3 Å². The molecule has 2 N–H and O–H groups in total. The van der Waals surface area contributed by atoms with Crippen molar-refractivity contribution in [1.82, 2.24) is 15.2 Å². The Balaban J connectivity index is 1.57. The van der Waals surface area contributed by atoms with E-state index in [9.17, 15) is 14.9 Å². The normalized spacial score (nSPS) is 10.9. The van der Waals surface area contributed by atoms with Gasteiger partial charge in [-0.3, -0.25) is 25.3 Å². The van der Waals surface area contributed by atoms with Crippen LogP contribution < -0.4 is 5.32 Å². The van der Waals surface area contributed by atoms with Crippen molar-refractivity contribution in [3.8, 4) is 11.3 Å². The largest absolute Gasteiger partial charge is 0.296 e. The summed E-state index contributed by atoms with van der Waals surface area (Å²) in [6.45, 7) is 2.10. The summed E-state index contributed by atoms with van der Waals surface area (Å²) in [6.07, 6.45) is 0.967. The highest BCUT2D eigenvalue weighted by atomic mass is 32.1. The third kappa shape index (κ3) is 3.35. The second-order valence-corrected chi connectivity index (χ2v) is 6.96. The SMILES string of the molecule is CCc1ccc(-c2csc(NC(=O)c3n[nH]c4ccc([N+](=O)[O-])cc34)n2)cc1. The molecule has 2 aromatic heterocycles. The van der Waals surface area contributed by atoms with Crippen LogP contribution in [0.3, 0.4) is 0 Å². The van der Waals surface area contributed by atoms with E-state index in [1.807, 2.05) is 17.5 Å². The van der Waals surface area contributed by atoms with Crippen LogP contribution in [0.1, 0.15) is 23.0 Å². The Morgan fingerprint density at radius 1 is 1.25 bits per heavy atom. The number of nitro benzene ring substituents is 1. The first-order valence-corrected chi connectivity index (χ1v) is 9.42. The summed E-state index contributed by atoms with van der Waals surface area (Å²) in [5.74, 6) is -0.478. The standard InChI is InChI=1S/C19H15N5O3S/c1-2-11-3-5-12(6-4-11)16-10-28-19(20-16)21-18(25)17-14-9-13(24(26)27)7-8-15(14)22-23-17/h3-10H,2H2,1H3,(H,22,23)(H,20,21,25). The first-order valence-electron chi connectivity index (χ1n) is 8.54. The number of benzene rings is 2. The third-order valence-electron chi connectivity index (χ3n) is 4.35. The second-order valence-electron chi connectivity index (χ2n) is 6.10.